The molecule has 0 spiro atoms. The molecule has 0 aliphatic heterocycles. The van der Waals surface area contributed by atoms with E-state index in [4.69, 9.17) is 0 Å². The monoisotopic (exact) mass is 338 g/mol. The van der Waals surface area contributed by atoms with Gasteiger partial charge in [-0.1, -0.05) is 58.0 Å². The summed E-state index contributed by atoms with van der Waals surface area (Å²) in [7, 11) is 0. The Labute approximate surface area is 149 Å². The highest BCUT2D eigenvalue weighted by molar-refractivity contribution is 6.08. The van der Waals surface area contributed by atoms with E-state index in [0.717, 1.165) is 17.7 Å². The van der Waals surface area contributed by atoms with Crippen molar-refractivity contribution in [1.29, 1.82) is 0 Å². The Kier molecular flexibility index (Phi) is 5.97. The van der Waals surface area contributed by atoms with Gasteiger partial charge in [-0.3, -0.25) is 9.59 Å². The molecule has 0 aliphatic rings. The maximum absolute atomic E-state index is 12.2. The Balaban J connectivity index is 1.97. The van der Waals surface area contributed by atoms with E-state index in [0.29, 0.717) is 5.69 Å². The van der Waals surface area contributed by atoms with Crippen LogP contribution in [0.15, 0.2) is 48.5 Å². The molecule has 0 aromatic heterocycles. The second kappa shape index (κ2) is 7.97. The third-order valence-electron chi connectivity index (χ3n) is 3.98. The zero-order chi connectivity index (χ0) is 18.4. The molecule has 4 nitrogen and oxygen atoms in total. The van der Waals surface area contributed by atoms with Crippen LogP contribution < -0.4 is 10.6 Å². The molecule has 0 radical (unpaired) electrons. The SMILES string of the molecule is CCc1ccc(NC(=O)CC(=O)Nc2ccccc2C(C)(C)C)cc1. The Bertz CT molecular complexity index is 743. The van der Waals surface area contributed by atoms with Gasteiger partial charge in [0.25, 0.3) is 0 Å². The highest BCUT2D eigenvalue weighted by Gasteiger charge is 2.19. The molecule has 0 saturated heterocycles. The van der Waals surface area contributed by atoms with Crippen molar-refractivity contribution in [2.45, 2.75) is 46.0 Å². The van der Waals surface area contributed by atoms with Crippen molar-refractivity contribution < 1.29 is 9.59 Å². The third-order valence-corrected chi connectivity index (χ3v) is 3.98. The van der Waals surface area contributed by atoms with Gasteiger partial charge in [-0.25, -0.2) is 0 Å². The summed E-state index contributed by atoms with van der Waals surface area (Å²) in [6, 6.07) is 15.3. The molecule has 0 aliphatic carbocycles. The molecule has 0 atom stereocenters. The first kappa shape index (κ1) is 18.7. The molecule has 0 fully saturated rings. The summed E-state index contributed by atoms with van der Waals surface area (Å²) < 4.78 is 0. The summed E-state index contributed by atoms with van der Waals surface area (Å²) in [6.45, 7) is 8.34. The lowest BCUT2D eigenvalue weighted by Gasteiger charge is -2.22. The molecule has 132 valence electrons. The van der Waals surface area contributed by atoms with Gasteiger partial charge >= 0.3 is 0 Å². The second-order valence-corrected chi connectivity index (χ2v) is 7.12. The van der Waals surface area contributed by atoms with Gasteiger partial charge in [-0.2, -0.15) is 0 Å². The largest absolute Gasteiger partial charge is 0.326 e. The summed E-state index contributed by atoms with van der Waals surface area (Å²) in [6.07, 6.45) is 0.734. The minimum absolute atomic E-state index is 0.0901. The highest BCUT2D eigenvalue weighted by Crippen LogP contribution is 2.29. The second-order valence-electron chi connectivity index (χ2n) is 7.12. The van der Waals surface area contributed by atoms with Crippen molar-refractivity contribution in [2.24, 2.45) is 0 Å². The number of benzene rings is 2. The average molecular weight is 338 g/mol. The van der Waals surface area contributed by atoms with Gasteiger partial charge < -0.3 is 10.6 Å². The van der Waals surface area contributed by atoms with Crippen LogP contribution in [-0.2, 0) is 21.4 Å². The average Bonchev–Trinajstić information content (AvgIpc) is 2.54. The highest BCUT2D eigenvalue weighted by atomic mass is 16.2. The van der Waals surface area contributed by atoms with Gasteiger partial charge in [0.05, 0.1) is 0 Å². The third kappa shape index (κ3) is 5.45. The first-order valence-electron chi connectivity index (χ1n) is 8.57. The zero-order valence-corrected chi connectivity index (χ0v) is 15.3. The van der Waals surface area contributed by atoms with Crippen molar-refractivity contribution >= 4 is 23.2 Å². The number of aryl methyl sites for hydroxylation is 1. The van der Waals surface area contributed by atoms with Crippen LogP contribution in [0.5, 0.6) is 0 Å². The van der Waals surface area contributed by atoms with Crippen molar-refractivity contribution in [2.75, 3.05) is 10.6 Å². The van der Waals surface area contributed by atoms with Gasteiger partial charge in [0.2, 0.25) is 11.8 Å². The number of para-hydroxylation sites is 1. The predicted molar refractivity (Wildman–Crippen MR) is 103 cm³/mol. The Morgan fingerprint density at radius 3 is 2.08 bits per heavy atom. The Morgan fingerprint density at radius 2 is 1.48 bits per heavy atom. The summed E-state index contributed by atoms with van der Waals surface area (Å²) in [4.78, 5) is 24.3. The van der Waals surface area contributed by atoms with E-state index < -0.39 is 0 Å². The maximum Gasteiger partial charge on any atom is 0.233 e. The number of hydrogen-bond acceptors (Lipinski definition) is 2. The quantitative estimate of drug-likeness (QED) is 0.788. The lowest BCUT2D eigenvalue weighted by molar-refractivity contribution is -0.123. The van der Waals surface area contributed by atoms with Crippen LogP contribution in [0.25, 0.3) is 0 Å². The molecule has 2 aromatic carbocycles. The van der Waals surface area contributed by atoms with Crippen molar-refractivity contribution in [1.82, 2.24) is 0 Å². The molecule has 0 saturated carbocycles. The predicted octanol–water partition coefficient (Wildman–Crippen LogP) is 4.51. The Morgan fingerprint density at radius 1 is 0.880 bits per heavy atom. The molecule has 2 rings (SSSR count). The van der Waals surface area contributed by atoms with Gasteiger partial charge in [-0.15, -0.1) is 0 Å². The van der Waals surface area contributed by atoms with Crippen molar-refractivity contribution in [3.63, 3.8) is 0 Å². The van der Waals surface area contributed by atoms with Crippen LogP contribution in [0, 0.1) is 0 Å². The fraction of sp³-hybridized carbons (Fsp3) is 0.333. The van der Waals surface area contributed by atoms with E-state index in [2.05, 4.69) is 38.3 Å². The molecular formula is C21H26N2O2. The maximum atomic E-state index is 12.2. The van der Waals surface area contributed by atoms with E-state index in [1.54, 1.807) is 0 Å². The molecule has 25 heavy (non-hydrogen) atoms. The lowest BCUT2D eigenvalue weighted by Crippen LogP contribution is -2.23. The van der Waals surface area contributed by atoms with Crippen LogP contribution in [0.2, 0.25) is 0 Å². The standard InChI is InChI=1S/C21H26N2O2/c1-5-15-10-12-16(13-11-15)22-19(24)14-20(25)23-18-9-7-6-8-17(18)21(2,3)4/h6-13H,5,14H2,1-4H3,(H,22,24)(H,23,25). The number of carbonyl (C=O) groups is 2. The van der Waals surface area contributed by atoms with E-state index in [1.165, 1.54) is 5.56 Å². The normalized spacial score (nSPS) is 11.0. The molecule has 0 bridgehead atoms. The minimum Gasteiger partial charge on any atom is -0.326 e. The minimum atomic E-state index is -0.324. The van der Waals surface area contributed by atoms with Crippen LogP contribution in [0.4, 0.5) is 11.4 Å². The van der Waals surface area contributed by atoms with Gasteiger partial charge in [0, 0.05) is 11.4 Å². The van der Waals surface area contributed by atoms with Crippen LogP contribution >= 0.6 is 0 Å². The Hall–Kier alpha value is -2.62. The molecule has 2 amide bonds. The molecule has 0 unspecified atom stereocenters. The number of amides is 2. The lowest BCUT2D eigenvalue weighted by atomic mass is 9.86. The van der Waals surface area contributed by atoms with Crippen LogP contribution in [0.3, 0.4) is 0 Å². The van der Waals surface area contributed by atoms with E-state index >= 15 is 0 Å². The molecule has 0 heterocycles. The van der Waals surface area contributed by atoms with E-state index in [-0.39, 0.29) is 23.7 Å². The van der Waals surface area contributed by atoms with Gasteiger partial charge in [-0.05, 0) is 41.2 Å². The number of nitrogens with one attached hydrogen (secondary N) is 2. The molecule has 2 N–H and O–H groups in total. The number of carbonyl (C=O) groups excluding carboxylic acids is 2. The summed E-state index contributed by atoms with van der Waals surface area (Å²) in [5.74, 6) is -0.644. The van der Waals surface area contributed by atoms with Crippen LogP contribution in [-0.4, -0.2) is 11.8 Å². The fourth-order valence-corrected chi connectivity index (χ4v) is 2.62. The first-order valence-corrected chi connectivity index (χ1v) is 8.57. The van der Waals surface area contributed by atoms with Crippen molar-refractivity contribution in [3.05, 3.63) is 59.7 Å². The summed E-state index contributed by atoms with van der Waals surface area (Å²) in [5, 5.41) is 5.61. The van der Waals surface area contributed by atoms with Gasteiger partial charge in [0.1, 0.15) is 6.42 Å². The number of rotatable bonds is 5. The van der Waals surface area contributed by atoms with Crippen molar-refractivity contribution in [3.8, 4) is 0 Å². The molecular weight excluding hydrogens is 312 g/mol. The first-order chi connectivity index (χ1) is 11.8. The summed E-state index contributed by atoms with van der Waals surface area (Å²) >= 11 is 0. The molecule has 4 heteroatoms. The number of hydrogen-bond donors (Lipinski definition) is 2. The van der Waals surface area contributed by atoms with E-state index in [9.17, 15) is 9.59 Å². The zero-order valence-electron chi connectivity index (χ0n) is 15.3. The van der Waals surface area contributed by atoms with Gasteiger partial charge in [0.15, 0.2) is 0 Å². The topological polar surface area (TPSA) is 58.2 Å². The molecule has 2 aromatic rings. The van der Waals surface area contributed by atoms with Crippen LogP contribution in [0.1, 0.15) is 45.2 Å². The summed E-state index contributed by atoms with van der Waals surface area (Å²) in [5.41, 5.74) is 3.60. The number of anilines is 2. The fourth-order valence-electron chi connectivity index (χ4n) is 2.62. The van der Waals surface area contributed by atoms with E-state index in [1.807, 2.05) is 48.5 Å². The smallest absolute Gasteiger partial charge is 0.233 e.